The summed E-state index contributed by atoms with van der Waals surface area (Å²) in [7, 11) is 2.18. The van der Waals surface area contributed by atoms with Gasteiger partial charge in [-0.3, -0.25) is 4.99 Å². The number of aliphatic imine (C=N–C) groups is 1. The fraction of sp³-hybridized carbons (Fsp3) is 0.588. The van der Waals surface area contributed by atoms with Gasteiger partial charge in [-0.05, 0) is 31.5 Å². The van der Waals surface area contributed by atoms with E-state index in [1.807, 2.05) is 11.8 Å². The number of hydrogen-bond donors (Lipinski definition) is 1. The predicted octanol–water partition coefficient (Wildman–Crippen LogP) is 3.23. The predicted molar refractivity (Wildman–Crippen MR) is 93.9 cm³/mol. The Morgan fingerprint density at radius 1 is 1.33 bits per heavy atom. The van der Waals surface area contributed by atoms with Crippen LogP contribution in [0.25, 0.3) is 0 Å². The molecule has 1 aromatic rings. The third-order valence-electron chi connectivity index (χ3n) is 3.76. The molecule has 0 amide bonds. The highest BCUT2D eigenvalue weighted by molar-refractivity contribution is 8.14. The molecule has 1 unspecified atom stereocenters. The number of benzene rings is 1. The van der Waals surface area contributed by atoms with Crippen LogP contribution >= 0.6 is 11.8 Å². The molecule has 0 aliphatic carbocycles. The zero-order valence-electron chi connectivity index (χ0n) is 13.4. The van der Waals surface area contributed by atoms with Gasteiger partial charge in [-0.15, -0.1) is 0 Å². The Morgan fingerprint density at radius 2 is 2.10 bits per heavy atom. The van der Waals surface area contributed by atoms with Gasteiger partial charge >= 0.3 is 0 Å². The zero-order valence-corrected chi connectivity index (χ0v) is 14.2. The van der Waals surface area contributed by atoms with Crippen LogP contribution in [-0.2, 0) is 6.54 Å². The average molecular weight is 305 g/mol. The van der Waals surface area contributed by atoms with Crippen molar-refractivity contribution in [2.45, 2.75) is 32.9 Å². The van der Waals surface area contributed by atoms with Gasteiger partial charge in [0.2, 0.25) is 0 Å². The van der Waals surface area contributed by atoms with Crippen LogP contribution in [0.1, 0.15) is 25.8 Å². The van der Waals surface area contributed by atoms with E-state index in [0.717, 1.165) is 37.0 Å². The average Bonchev–Trinajstić information content (AvgIpc) is 2.94. The van der Waals surface area contributed by atoms with Crippen molar-refractivity contribution in [1.29, 1.82) is 0 Å². The standard InChI is InChI=1S/C17H27N3S/c1-14(2)16-13-21-17(19-16)18-10-7-11-20(3)12-15-8-5-4-6-9-15/h4-6,8-9,14,16H,7,10-13H2,1-3H3,(H,18,19). The first-order valence-electron chi connectivity index (χ1n) is 7.81. The van der Waals surface area contributed by atoms with Crippen LogP contribution in [-0.4, -0.2) is 42.0 Å². The summed E-state index contributed by atoms with van der Waals surface area (Å²) in [6, 6.07) is 11.2. The number of nitrogens with zero attached hydrogens (tertiary/aromatic N) is 2. The van der Waals surface area contributed by atoms with Crippen LogP contribution in [0, 0.1) is 5.92 Å². The molecule has 1 aliphatic heterocycles. The Hall–Kier alpha value is -1.00. The summed E-state index contributed by atoms with van der Waals surface area (Å²) in [5, 5.41) is 4.66. The monoisotopic (exact) mass is 305 g/mol. The number of hydrogen-bond acceptors (Lipinski definition) is 3. The third-order valence-corrected chi connectivity index (χ3v) is 4.81. The van der Waals surface area contributed by atoms with E-state index in [9.17, 15) is 0 Å². The van der Waals surface area contributed by atoms with Crippen molar-refractivity contribution in [3.8, 4) is 0 Å². The maximum Gasteiger partial charge on any atom is 0.156 e. The molecule has 1 heterocycles. The molecule has 21 heavy (non-hydrogen) atoms. The lowest BCUT2D eigenvalue weighted by atomic mass is 10.1. The Labute approximate surface area is 133 Å². The third kappa shape index (κ3) is 5.71. The molecule has 1 N–H and O–H groups in total. The molecular weight excluding hydrogens is 278 g/mol. The molecule has 1 saturated heterocycles. The first kappa shape index (κ1) is 16.4. The minimum atomic E-state index is 0.592. The van der Waals surface area contributed by atoms with Crippen LogP contribution < -0.4 is 5.32 Å². The molecule has 0 aromatic heterocycles. The minimum Gasteiger partial charge on any atom is -0.361 e. The Bertz CT molecular complexity index is 445. The molecule has 1 aliphatic rings. The van der Waals surface area contributed by atoms with Crippen LogP contribution in [0.4, 0.5) is 0 Å². The molecule has 1 atom stereocenters. The summed E-state index contributed by atoms with van der Waals surface area (Å²) in [6.07, 6.45) is 1.11. The zero-order chi connectivity index (χ0) is 15.1. The number of thioether (sulfide) groups is 1. The highest BCUT2D eigenvalue weighted by atomic mass is 32.2. The van der Waals surface area contributed by atoms with Gasteiger partial charge in [-0.1, -0.05) is 55.9 Å². The molecule has 3 nitrogen and oxygen atoms in total. The maximum absolute atomic E-state index is 4.68. The van der Waals surface area contributed by atoms with E-state index in [1.165, 1.54) is 5.56 Å². The van der Waals surface area contributed by atoms with Crippen molar-refractivity contribution in [2.75, 3.05) is 25.9 Å². The maximum atomic E-state index is 4.68. The van der Waals surface area contributed by atoms with Crippen molar-refractivity contribution in [2.24, 2.45) is 10.9 Å². The molecular formula is C17H27N3S. The molecule has 116 valence electrons. The first-order valence-corrected chi connectivity index (χ1v) is 8.80. The van der Waals surface area contributed by atoms with Crippen molar-refractivity contribution in [3.05, 3.63) is 35.9 Å². The second-order valence-corrected chi connectivity index (χ2v) is 7.08. The first-order chi connectivity index (χ1) is 10.1. The van der Waals surface area contributed by atoms with Crippen molar-refractivity contribution < 1.29 is 0 Å². The molecule has 1 fully saturated rings. The highest BCUT2D eigenvalue weighted by Gasteiger charge is 2.22. The van der Waals surface area contributed by atoms with Gasteiger partial charge in [-0.25, -0.2) is 0 Å². The molecule has 2 rings (SSSR count). The largest absolute Gasteiger partial charge is 0.361 e. The van der Waals surface area contributed by atoms with Gasteiger partial charge in [0.05, 0.1) is 0 Å². The van der Waals surface area contributed by atoms with Crippen molar-refractivity contribution in [3.63, 3.8) is 0 Å². The van der Waals surface area contributed by atoms with Crippen molar-refractivity contribution >= 4 is 16.9 Å². The lowest BCUT2D eigenvalue weighted by Crippen LogP contribution is -2.31. The van der Waals surface area contributed by atoms with E-state index in [-0.39, 0.29) is 0 Å². The topological polar surface area (TPSA) is 27.6 Å². The van der Waals surface area contributed by atoms with E-state index in [0.29, 0.717) is 12.0 Å². The van der Waals surface area contributed by atoms with Crippen molar-refractivity contribution in [1.82, 2.24) is 10.2 Å². The summed E-state index contributed by atoms with van der Waals surface area (Å²) in [6.45, 7) is 7.54. The van der Waals surface area contributed by atoms with Crippen LogP contribution in [0.15, 0.2) is 35.3 Å². The molecule has 0 spiro atoms. The van der Waals surface area contributed by atoms with E-state index in [1.54, 1.807) is 0 Å². The quantitative estimate of drug-likeness (QED) is 0.784. The van der Waals surface area contributed by atoms with Crippen LogP contribution in [0.5, 0.6) is 0 Å². The number of nitrogens with one attached hydrogen (secondary N) is 1. The fourth-order valence-electron chi connectivity index (χ4n) is 2.36. The Morgan fingerprint density at radius 3 is 2.76 bits per heavy atom. The lowest BCUT2D eigenvalue weighted by molar-refractivity contribution is 0.324. The molecule has 0 saturated carbocycles. The molecule has 4 heteroatoms. The Balaban J connectivity index is 1.63. The van der Waals surface area contributed by atoms with Crippen LogP contribution in [0.3, 0.4) is 0 Å². The smallest absolute Gasteiger partial charge is 0.156 e. The van der Waals surface area contributed by atoms with Gasteiger partial charge < -0.3 is 10.2 Å². The summed E-state index contributed by atoms with van der Waals surface area (Å²) in [5.74, 6) is 1.84. The molecule has 0 radical (unpaired) electrons. The van der Waals surface area contributed by atoms with E-state index in [2.05, 4.69) is 66.4 Å². The molecule has 1 aromatic carbocycles. The summed E-state index contributed by atoms with van der Waals surface area (Å²) in [5.41, 5.74) is 1.37. The normalized spacial score (nSPS) is 20.4. The lowest BCUT2D eigenvalue weighted by Gasteiger charge is -2.16. The van der Waals surface area contributed by atoms with Gasteiger partial charge in [0.1, 0.15) is 0 Å². The van der Waals surface area contributed by atoms with E-state index >= 15 is 0 Å². The summed E-state index contributed by atoms with van der Waals surface area (Å²) in [4.78, 5) is 7.04. The van der Waals surface area contributed by atoms with Gasteiger partial charge in [0.15, 0.2) is 5.17 Å². The number of amidine groups is 1. The van der Waals surface area contributed by atoms with Gasteiger partial charge in [-0.2, -0.15) is 0 Å². The second-order valence-electron chi connectivity index (χ2n) is 6.07. The minimum absolute atomic E-state index is 0.592. The summed E-state index contributed by atoms with van der Waals surface area (Å²) < 4.78 is 0. The molecule has 0 bridgehead atoms. The second kappa shape index (κ2) is 8.44. The Kier molecular flexibility index (Phi) is 6.58. The fourth-order valence-corrected chi connectivity index (χ4v) is 3.58. The van der Waals surface area contributed by atoms with Gasteiger partial charge in [0, 0.05) is 24.9 Å². The SMILES string of the molecule is CC(C)C1CSC(=NCCCN(C)Cc2ccccc2)N1. The van der Waals surface area contributed by atoms with E-state index in [4.69, 9.17) is 0 Å². The summed E-state index contributed by atoms with van der Waals surface area (Å²) >= 11 is 1.87. The van der Waals surface area contributed by atoms with Crippen LogP contribution in [0.2, 0.25) is 0 Å². The number of rotatable bonds is 7. The highest BCUT2D eigenvalue weighted by Crippen LogP contribution is 2.18. The van der Waals surface area contributed by atoms with Gasteiger partial charge in [0.25, 0.3) is 0 Å². The van der Waals surface area contributed by atoms with E-state index < -0.39 is 0 Å².